The van der Waals surface area contributed by atoms with Gasteiger partial charge < -0.3 is 0 Å². The van der Waals surface area contributed by atoms with Crippen molar-refractivity contribution in [1.82, 2.24) is 0 Å². The number of halogens is 1. The maximum atomic E-state index is 14.0. The second-order valence-corrected chi connectivity index (χ2v) is 4.74. The van der Waals surface area contributed by atoms with Crippen molar-refractivity contribution in [2.45, 2.75) is 17.0 Å². The Hall–Kier alpha value is -1.02. The third kappa shape index (κ3) is 2.32. The van der Waals surface area contributed by atoms with Crippen LogP contribution in [0.3, 0.4) is 0 Å². The summed E-state index contributed by atoms with van der Waals surface area (Å²) in [7, 11) is 0. The second-order valence-electron chi connectivity index (χ2n) is 3.60. The Kier molecular flexibility index (Phi) is 2.96. The van der Waals surface area contributed by atoms with E-state index in [2.05, 4.69) is 12.6 Å². The molecule has 0 N–H and O–H groups in total. The molecule has 0 spiro atoms. The summed E-state index contributed by atoms with van der Waals surface area (Å²) in [5.74, 6) is 0.782. The zero-order chi connectivity index (χ0) is 10.7. The highest BCUT2D eigenvalue weighted by Crippen LogP contribution is 2.32. The van der Waals surface area contributed by atoms with Crippen molar-refractivity contribution in [2.24, 2.45) is 0 Å². The zero-order valence-corrected chi connectivity index (χ0v) is 9.27. The average molecular weight is 220 g/mol. The fourth-order valence-electron chi connectivity index (χ4n) is 1.55. The van der Waals surface area contributed by atoms with Crippen LogP contribution in [0.15, 0.2) is 47.9 Å². The number of hydrogen-bond donors (Lipinski definition) is 0. The van der Waals surface area contributed by atoms with E-state index in [0.29, 0.717) is 6.42 Å². The lowest BCUT2D eigenvalue weighted by Crippen LogP contribution is -2.17. The molecule has 15 heavy (non-hydrogen) atoms. The van der Waals surface area contributed by atoms with Crippen molar-refractivity contribution in [3.05, 3.63) is 48.6 Å². The Morgan fingerprint density at radius 1 is 1.40 bits per heavy atom. The molecule has 0 amide bonds. The molecule has 0 fully saturated rings. The minimum absolute atomic E-state index is 0.492. The number of alkyl halides is 1. The first-order valence-corrected chi connectivity index (χ1v) is 5.96. The molecule has 2 rings (SSSR count). The summed E-state index contributed by atoms with van der Waals surface area (Å²) >= 11 is 1.70. The van der Waals surface area contributed by atoms with E-state index in [1.54, 1.807) is 17.8 Å². The van der Waals surface area contributed by atoms with E-state index in [1.807, 2.05) is 24.3 Å². The van der Waals surface area contributed by atoms with Crippen LogP contribution in [0.4, 0.5) is 4.39 Å². The summed E-state index contributed by atoms with van der Waals surface area (Å²) in [6, 6.07) is 8.06. The lowest BCUT2D eigenvalue weighted by molar-refractivity contribution is 0.293. The number of hydrogen-bond acceptors (Lipinski definition) is 1. The molecule has 1 aromatic carbocycles. The van der Waals surface area contributed by atoms with Crippen molar-refractivity contribution in [3.8, 4) is 0 Å². The third-order valence-corrected chi connectivity index (χ3v) is 3.63. The number of fused-ring (bicyclic) bond motifs is 1. The van der Waals surface area contributed by atoms with E-state index < -0.39 is 5.67 Å². The van der Waals surface area contributed by atoms with Crippen molar-refractivity contribution in [2.75, 3.05) is 5.75 Å². The van der Waals surface area contributed by atoms with Crippen LogP contribution < -0.4 is 0 Å². The predicted molar refractivity (Wildman–Crippen MR) is 64.9 cm³/mol. The fraction of sp³-hybridized carbons (Fsp3) is 0.231. The van der Waals surface area contributed by atoms with Gasteiger partial charge in [-0.3, -0.25) is 0 Å². The van der Waals surface area contributed by atoms with E-state index in [1.165, 1.54) is 11.0 Å². The molecular formula is C13H13FS. The Morgan fingerprint density at radius 3 is 3.00 bits per heavy atom. The average Bonchev–Trinajstić information content (AvgIpc) is 2.25. The largest absolute Gasteiger partial charge is 0.235 e. The lowest BCUT2D eigenvalue weighted by atomic mass is 10.0. The minimum atomic E-state index is -1.35. The molecule has 0 saturated heterocycles. The maximum Gasteiger partial charge on any atom is 0.148 e. The monoisotopic (exact) mass is 220 g/mol. The quantitative estimate of drug-likeness (QED) is 0.642. The van der Waals surface area contributed by atoms with E-state index in [-0.39, 0.29) is 0 Å². The number of allylic oxidation sites excluding steroid dienone is 2. The minimum Gasteiger partial charge on any atom is -0.235 e. The van der Waals surface area contributed by atoms with Crippen LogP contribution in [0.5, 0.6) is 0 Å². The molecule has 1 unspecified atom stereocenters. The number of benzene rings is 1. The molecule has 78 valence electrons. The molecule has 0 saturated carbocycles. The van der Waals surface area contributed by atoms with Gasteiger partial charge in [0.1, 0.15) is 5.67 Å². The molecule has 1 aliphatic rings. The van der Waals surface area contributed by atoms with E-state index in [0.717, 1.165) is 11.3 Å². The summed E-state index contributed by atoms with van der Waals surface area (Å²) in [6.07, 6.45) is 5.34. The predicted octanol–water partition coefficient (Wildman–Crippen LogP) is 4.09. The van der Waals surface area contributed by atoms with E-state index in [4.69, 9.17) is 0 Å². The van der Waals surface area contributed by atoms with Gasteiger partial charge in [-0.05, 0) is 24.1 Å². The van der Waals surface area contributed by atoms with Crippen molar-refractivity contribution < 1.29 is 4.39 Å². The summed E-state index contributed by atoms with van der Waals surface area (Å²) in [6.45, 7) is 3.55. The smallest absolute Gasteiger partial charge is 0.148 e. The van der Waals surface area contributed by atoms with Crippen molar-refractivity contribution in [1.29, 1.82) is 0 Å². The van der Waals surface area contributed by atoms with Crippen LogP contribution >= 0.6 is 11.8 Å². The summed E-state index contributed by atoms with van der Waals surface area (Å²) < 4.78 is 14.0. The van der Waals surface area contributed by atoms with Crippen LogP contribution in [0.1, 0.15) is 12.0 Å². The Morgan fingerprint density at radius 2 is 2.20 bits per heavy atom. The first kappa shape index (κ1) is 10.5. The highest BCUT2D eigenvalue weighted by atomic mass is 32.2. The molecular weight excluding hydrogens is 207 g/mol. The van der Waals surface area contributed by atoms with E-state index in [9.17, 15) is 4.39 Å². The zero-order valence-electron chi connectivity index (χ0n) is 8.45. The summed E-state index contributed by atoms with van der Waals surface area (Å²) in [5, 5.41) is 0. The van der Waals surface area contributed by atoms with Gasteiger partial charge in [0.2, 0.25) is 0 Å². The second kappa shape index (κ2) is 4.23. The maximum absolute atomic E-state index is 14.0. The molecule has 1 aliphatic heterocycles. The topological polar surface area (TPSA) is 0 Å². The first-order valence-electron chi connectivity index (χ1n) is 4.97. The van der Waals surface area contributed by atoms with Crippen LogP contribution in [-0.2, 0) is 0 Å². The van der Waals surface area contributed by atoms with Crippen molar-refractivity contribution >= 4 is 17.8 Å². The van der Waals surface area contributed by atoms with Gasteiger partial charge in [0.15, 0.2) is 0 Å². The fourth-order valence-corrected chi connectivity index (χ4v) is 2.66. The molecule has 2 heteroatoms. The van der Waals surface area contributed by atoms with Gasteiger partial charge in [0.25, 0.3) is 0 Å². The van der Waals surface area contributed by atoms with Crippen LogP contribution in [0.25, 0.3) is 6.08 Å². The van der Waals surface area contributed by atoms with Crippen LogP contribution in [-0.4, -0.2) is 11.4 Å². The van der Waals surface area contributed by atoms with Crippen molar-refractivity contribution in [3.63, 3.8) is 0 Å². The Labute approximate surface area is 93.9 Å². The molecule has 1 aromatic rings. The Bertz CT molecular complexity index is 397. The highest BCUT2D eigenvalue weighted by molar-refractivity contribution is 7.99. The van der Waals surface area contributed by atoms with Crippen LogP contribution in [0, 0.1) is 0 Å². The molecule has 0 bridgehead atoms. The summed E-state index contributed by atoms with van der Waals surface area (Å²) in [4.78, 5) is 1.22. The van der Waals surface area contributed by atoms with Gasteiger partial charge in [-0.2, -0.15) is 0 Å². The molecule has 1 heterocycles. The SMILES string of the molecule is C=CC1(F)C=Cc2ccccc2SCC1. The molecule has 0 nitrogen and oxygen atoms in total. The van der Waals surface area contributed by atoms with Gasteiger partial charge in [-0.1, -0.05) is 36.9 Å². The van der Waals surface area contributed by atoms with Gasteiger partial charge >= 0.3 is 0 Å². The molecule has 0 aliphatic carbocycles. The van der Waals surface area contributed by atoms with Gasteiger partial charge in [-0.15, -0.1) is 11.8 Å². The normalized spacial score (nSPS) is 25.1. The molecule has 0 radical (unpaired) electrons. The molecule has 1 atom stereocenters. The molecule has 0 aromatic heterocycles. The third-order valence-electron chi connectivity index (χ3n) is 2.54. The summed E-state index contributed by atoms with van der Waals surface area (Å²) in [5.41, 5.74) is -0.258. The first-order chi connectivity index (χ1) is 7.23. The van der Waals surface area contributed by atoms with E-state index >= 15 is 0 Å². The van der Waals surface area contributed by atoms with Gasteiger partial charge in [0, 0.05) is 10.6 Å². The standard InChI is InChI=1S/C13H13FS/c1-2-13(14)8-7-11-5-3-4-6-12(11)15-10-9-13/h2-8H,1,9-10H2. The highest BCUT2D eigenvalue weighted by Gasteiger charge is 2.23. The lowest BCUT2D eigenvalue weighted by Gasteiger charge is -2.19. The van der Waals surface area contributed by atoms with Crippen LogP contribution in [0.2, 0.25) is 0 Å². The van der Waals surface area contributed by atoms with Gasteiger partial charge in [0.05, 0.1) is 0 Å². The Balaban J connectivity index is 2.38. The number of thioether (sulfide) groups is 1. The van der Waals surface area contributed by atoms with Gasteiger partial charge in [-0.25, -0.2) is 4.39 Å². The number of rotatable bonds is 1.